The molecule has 1 rings (SSSR count). The summed E-state index contributed by atoms with van der Waals surface area (Å²) in [7, 11) is 0. The Morgan fingerprint density at radius 2 is 2.16 bits per heavy atom. The van der Waals surface area contributed by atoms with Crippen LogP contribution in [0, 0.1) is 16.0 Å². The number of nitrogens with one attached hydrogen (secondary N) is 1. The minimum absolute atomic E-state index is 0.0218. The van der Waals surface area contributed by atoms with Gasteiger partial charge in [-0.15, -0.1) is 0 Å². The average Bonchev–Trinajstić information content (AvgIpc) is 2.40. The molecule has 0 heterocycles. The predicted octanol–water partition coefficient (Wildman–Crippen LogP) is 4.88. The maximum atomic E-state index is 10.6. The molecule has 0 saturated carbocycles. The molecule has 1 aromatic carbocycles. The maximum absolute atomic E-state index is 10.6. The van der Waals surface area contributed by atoms with Crippen molar-refractivity contribution in [1.82, 2.24) is 0 Å². The molecule has 0 bridgehead atoms. The SMILES string of the molecule is CCCCC(CC)CNc1ccc([N+](=O)[O-])cc1Cl. The number of halogens is 1. The molecule has 1 N–H and O–H groups in total. The highest BCUT2D eigenvalue weighted by atomic mass is 35.5. The zero-order chi connectivity index (χ0) is 14.3. The molecular formula is C14H21ClN2O2. The Kier molecular flexibility index (Phi) is 6.64. The van der Waals surface area contributed by atoms with Crippen LogP contribution in [-0.2, 0) is 0 Å². The van der Waals surface area contributed by atoms with E-state index in [1.54, 1.807) is 6.07 Å². The number of anilines is 1. The number of hydrogen-bond donors (Lipinski definition) is 1. The molecule has 0 amide bonds. The van der Waals surface area contributed by atoms with Crippen molar-refractivity contribution in [2.45, 2.75) is 39.5 Å². The van der Waals surface area contributed by atoms with Crippen LogP contribution in [0.2, 0.25) is 5.02 Å². The highest BCUT2D eigenvalue weighted by Crippen LogP contribution is 2.27. The molecule has 0 aliphatic rings. The van der Waals surface area contributed by atoms with Gasteiger partial charge in [0.15, 0.2) is 0 Å². The zero-order valence-corrected chi connectivity index (χ0v) is 12.2. The van der Waals surface area contributed by atoms with Gasteiger partial charge in [0.1, 0.15) is 0 Å². The van der Waals surface area contributed by atoms with E-state index in [2.05, 4.69) is 19.2 Å². The summed E-state index contributed by atoms with van der Waals surface area (Å²) in [6, 6.07) is 4.53. The second-order valence-corrected chi connectivity index (χ2v) is 5.13. The van der Waals surface area contributed by atoms with Crippen LogP contribution in [0.3, 0.4) is 0 Å². The van der Waals surface area contributed by atoms with Gasteiger partial charge in [0, 0.05) is 18.7 Å². The monoisotopic (exact) mass is 284 g/mol. The highest BCUT2D eigenvalue weighted by Gasteiger charge is 2.11. The number of hydrogen-bond acceptors (Lipinski definition) is 3. The number of nitro benzene ring substituents is 1. The van der Waals surface area contributed by atoms with Crippen molar-refractivity contribution in [2.24, 2.45) is 5.92 Å². The minimum atomic E-state index is -0.439. The summed E-state index contributed by atoms with van der Waals surface area (Å²) in [5, 5.41) is 14.3. The first kappa shape index (κ1) is 15.8. The summed E-state index contributed by atoms with van der Waals surface area (Å²) in [4.78, 5) is 10.2. The van der Waals surface area contributed by atoms with E-state index in [1.807, 2.05) is 0 Å². The number of non-ortho nitro benzene ring substituents is 1. The topological polar surface area (TPSA) is 55.2 Å². The molecule has 0 aliphatic heterocycles. The van der Waals surface area contributed by atoms with Gasteiger partial charge in [-0.1, -0.05) is 44.7 Å². The lowest BCUT2D eigenvalue weighted by atomic mass is 9.99. The molecule has 5 heteroatoms. The van der Waals surface area contributed by atoms with E-state index >= 15 is 0 Å². The lowest BCUT2D eigenvalue weighted by Gasteiger charge is -2.16. The van der Waals surface area contributed by atoms with Crippen molar-refractivity contribution in [3.8, 4) is 0 Å². The van der Waals surface area contributed by atoms with Crippen molar-refractivity contribution in [2.75, 3.05) is 11.9 Å². The van der Waals surface area contributed by atoms with Crippen LogP contribution in [-0.4, -0.2) is 11.5 Å². The normalized spacial score (nSPS) is 12.2. The molecular weight excluding hydrogens is 264 g/mol. The number of rotatable bonds is 8. The second kappa shape index (κ2) is 8.00. The van der Waals surface area contributed by atoms with Crippen molar-refractivity contribution < 1.29 is 4.92 Å². The van der Waals surface area contributed by atoms with Gasteiger partial charge in [-0.25, -0.2) is 0 Å². The summed E-state index contributed by atoms with van der Waals surface area (Å²) >= 11 is 6.04. The third-order valence-electron chi connectivity index (χ3n) is 3.29. The smallest absolute Gasteiger partial charge is 0.271 e. The molecule has 19 heavy (non-hydrogen) atoms. The molecule has 0 fully saturated rings. The first-order valence-electron chi connectivity index (χ1n) is 6.76. The fourth-order valence-electron chi connectivity index (χ4n) is 1.96. The molecule has 1 unspecified atom stereocenters. The fraction of sp³-hybridized carbons (Fsp3) is 0.571. The first-order valence-corrected chi connectivity index (χ1v) is 7.14. The van der Waals surface area contributed by atoms with E-state index in [0.717, 1.165) is 18.7 Å². The van der Waals surface area contributed by atoms with E-state index in [9.17, 15) is 10.1 Å². The number of nitrogens with zero attached hydrogens (tertiary/aromatic N) is 1. The van der Waals surface area contributed by atoms with Crippen LogP contribution < -0.4 is 5.32 Å². The van der Waals surface area contributed by atoms with E-state index in [-0.39, 0.29) is 5.69 Å². The largest absolute Gasteiger partial charge is 0.384 e. The molecule has 0 radical (unpaired) electrons. The molecule has 0 aliphatic carbocycles. The van der Waals surface area contributed by atoms with Crippen LogP contribution in [0.4, 0.5) is 11.4 Å². The fourth-order valence-corrected chi connectivity index (χ4v) is 2.20. The molecule has 0 aromatic heterocycles. The molecule has 0 spiro atoms. The van der Waals surface area contributed by atoms with Gasteiger partial charge in [0.25, 0.3) is 5.69 Å². The van der Waals surface area contributed by atoms with Crippen LogP contribution in [0.25, 0.3) is 0 Å². The third kappa shape index (κ3) is 5.07. The third-order valence-corrected chi connectivity index (χ3v) is 3.60. The Labute approximate surface area is 119 Å². The average molecular weight is 285 g/mol. The summed E-state index contributed by atoms with van der Waals surface area (Å²) in [6.45, 7) is 5.22. The van der Waals surface area contributed by atoms with Gasteiger partial charge in [-0.05, 0) is 18.4 Å². The summed E-state index contributed by atoms with van der Waals surface area (Å²) in [6.07, 6.45) is 4.76. The van der Waals surface area contributed by atoms with Crippen LogP contribution in [0.5, 0.6) is 0 Å². The molecule has 106 valence electrons. The number of benzene rings is 1. The van der Waals surface area contributed by atoms with E-state index < -0.39 is 4.92 Å². The Bertz CT molecular complexity index is 424. The van der Waals surface area contributed by atoms with Gasteiger partial charge in [-0.2, -0.15) is 0 Å². The minimum Gasteiger partial charge on any atom is -0.384 e. The predicted molar refractivity (Wildman–Crippen MR) is 79.9 cm³/mol. The van der Waals surface area contributed by atoms with Crippen molar-refractivity contribution in [3.05, 3.63) is 33.3 Å². The van der Waals surface area contributed by atoms with Crippen molar-refractivity contribution in [3.63, 3.8) is 0 Å². The standard InChI is InChI=1S/C14H21ClN2O2/c1-3-5-6-11(4-2)10-16-14-8-7-12(17(18)19)9-13(14)15/h7-9,11,16H,3-6,10H2,1-2H3. The summed E-state index contributed by atoms with van der Waals surface area (Å²) in [5.74, 6) is 0.617. The van der Waals surface area contributed by atoms with Gasteiger partial charge in [0.2, 0.25) is 0 Å². The van der Waals surface area contributed by atoms with Gasteiger partial charge < -0.3 is 5.32 Å². The zero-order valence-electron chi connectivity index (χ0n) is 11.5. The van der Waals surface area contributed by atoms with E-state index in [0.29, 0.717) is 10.9 Å². The molecule has 1 aromatic rings. The Balaban J connectivity index is 2.59. The Hall–Kier alpha value is -1.29. The van der Waals surface area contributed by atoms with Crippen molar-refractivity contribution >= 4 is 23.0 Å². The Morgan fingerprint density at radius 1 is 1.42 bits per heavy atom. The summed E-state index contributed by atoms with van der Waals surface area (Å²) in [5.41, 5.74) is 0.788. The molecule has 0 saturated heterocycles. The summed E-state index contributed by atoms with van der Waals surface area (Å²) < 4.78 is 0. The van der Waals surface area contributed by atoms with E-state index in [4.69, 9.17) is 11.6 Å². The van der Waals surface area contributed by atoms with E-state index in [1.165, 1.54) is 31.4 Å². The van der Waals surface area contributed by atoms with Gasteiger partial charge >= 0.3 is 0 Å². The maximum Gasteiger partial charge on any atom is 0.271 e. The Morgan fingerprint density at radius 3 is 2.68 bits per heavy atom. The lowest BCUT2D eigenvalue weighted by Crippen LogP contribution is -2.13. The quantitative estimate of drug-likeness (QED) is 0.547. The second-order valence-electron chi connectivity index (χ2n) is 4.72. The van der Waals surface area contributed by atoms with Crippen LogP contribution in [0.15, 0.2) is 18.2 Å². The van der Waals surface area contributed by atoms with Gasteiger partial charge in [-0.3, -0.25) is 10.1 Å². The first-order chi connectivity index (χ1) is 9.08. The van der Waals surface area contributed by atoms with Gasteiger partial charge in [0.05, 0.1) is 15.6 Å². The number of nitro groups is 1. The number of unbranched alkanes of at least 4 members (excludes halogenated alkanes) is 1. The molecule has 1 atom stereocenters. The van der Waals surface area contributed by atoms with Crippen LogP contribution >= 0.6 is 11.6 Å². The lowest BCUT2D eigenvalue weighted by molar-refractivity contribution is -0.384. The van der Waals surface area contributed by atoms with Crippen LogP contribution in [0.1, 0.15) is 39.5 Å². The van der Waals surface area contributed by atoms with Crippen molar-refractivity contribution in [1.29, 1.82) is 0 Å². The molecule has 4 nitrogen and oxygen atoms in total. The highest BCUT2D eigenvalue weighted by molar-refractivity contribution is 6.33.